The average Bonchev–Trinajstić information content (AvgIpc) is 3.02. The van der Waals surface area contributed by atoms with Gasteiger partial charge in [-0.25, -0.2) is 0 Å². The third-order valence-electron chi connectivity index (χ3n) is 9.20. The number of anilines is 1. The van der Waals surface area contributed by atoms with Gasteiger partial charge in [-0.2, -0.15) is 0 Å². The molecule has 2 aliphatic rings. The van der Waals surface area contributed by atoms with Crippen LogP contribution in [0.25, 0.3) is 0 Å². The molecule has 3 N–H and O–H groups in total. The van der Waals surface area contributed by atoms with Gasteiger partial charge >= 0.3 is 0 Å². The van der Waals surface area contributed by atoms with Crippen LogP contribution in [-0.4, -0.2) is 42.0 Å². The third kappa shape index (κ3) is 7.73. The SMILES string of the molecule is CCOc1cc(C(=O)CNC2CCC(O)CC2)ccc1NCc1ccc2c(c1)C(C)Cc1ccccc1C(=O)CCC2C. The number of aliphatic hydroxyl groups excluding tert-OH is 1. The van der Waals surface area contributed by atoms with Gasteiger partial charge in [0.15, 0.2) is 11.6 Å². The summed E-state index contributed by atoms with van der Waals surface area (Å²) in [5.74, 6) is 1.55. The van der Waals surface area contributed by atoms with E-state index in [1.165, 1.54) is 16.7 Å². The highest BCUT2D eigenvalue weighted by Gasteiger charge is 2.23. The molecule has 0 spiro atoms. The number of ether oxygens (including phenoxy) is 1. The summed E-state index contributed by atoms with van der Waals surface area (Å²) in [6, 6.07) is 20.8. The van der Waals surface area contributed by atoms with Crippen LogP contribution in [-0.2, 0) is 13.0 Å². The van der Waals surface area contributed by atoms with Gasteiger partial charge < -0.3 is 20.5 Å². The van der Waals surface area contributed by atoms with E-state index >= 15 is 0 Å². The van der Waals surface area contributed by atoms with Crippen LogP contribution < -0.4 is 15.4 Å². The predicted molar refractivity (Wildman–Crippen MR) is 173 cm³/mol. The summed E-state index contributed by atoms with van der Waals surface area (Å²) in [5, 5.41) is 16.7. The maximum atomic E-state index is 13.0. The molecule has 3 aromatic carbocycles. The second-order valence-corrected chi connectivity index (χ2v) is 12.4. The Morgan fingerprint density at radius 3 is 2.51 bits per heavy atom. The number of carbonyl (C=O) groups is 2. The van der Waals surface area contributed by atoms with Crippen molar-refractivity contribution in [2.24, 2.45) is 0 Å². The summed E-state index contributed by atoms with van der Waals surface area (Å²) < 4.78 is 5.95. The molecule has 0 aromatic heterocycles. The number of carbonyl (C=O) groups excluding carboxylic acids is 2. The zero-order valence-electron chi connectivity index (χ0n) is 25.8. The van der Waals surface area contributed by atoms with E-state index < -0.39 is 0 Å². The fourth-order valence-electron chi connectivity index (χ4n) is 6.59. The topological polar surface area (TPSA) is 87.7 Å². The molecule has 0 saturated heterocycles. The van der Waals surface area contributed by atoms with Crippen molar-refractivity contribution >= 4 is 17.3 Å². The standard InChI is InChI=1S/C37H46N2O4/c1-4-43-37-21-28(36(42)23-38-29-12-14-30(40)15-13-29)11-17-34(37)39-22-26-10-16-31-24(2)9-18-35(41)32-8-6-5-7-27(32)19-25(3)33(31)20-26/h5-8,10-11,16-17,20-21,24-25,29-30,38-40H,4,9,12-15,18-19,22-23H2,1-3H3. The van der Waals surface area contributed by atoms with E-state index in [9.17, 15) is 14.7 Å². The molecule has 0 radical (unpaired) electrons. The van der Waals surface area contributed by atoms with Gasteiger partial charge in [0.2, 0.25) is 0 Å². The smallest absolute Gasteiger partial charge is 0.176 e. The van der Waals surface area contributed by atoms with Gasteiger partial charge in [-0.1, -0.05) is 56.3 Å². The molecule has 43 heavy (non-hydrogen) atoms. The molecule has 3 aromatic rings. The zero-order valence-corrected chi connectivity index (χ0v) is 25.8. The van der Waals surface area contributed by atoms with Gasteiger partial charge in [-0.3, -0.25) is 9.59 Å². The normalized spacial score (nSPS) is 22.3. The molecule has 0 bridgehead atoms. The molecule has 0 aliphatic heterocycles. The highest BCUT2D eigenvalue weighted by molar-refractivity contribution is 5.98. The van der Waals surface area contributed by atoms with Crippen LogP contribution in [0.1, 0.15) is 114 Å². The predicted octanol–water partition coefficient (Wildman–Crippen LogP) is 7.20. The van der Waals surface area contributed by atoms with E-state index in [1.54, 1.807) is 0 Å². The minimum absolute atomic E-state index is 0.0402. The van der Waals surface area contributed by atoms with Crippen LogP contribution in [0.3, 0.4) is 0 Å². The Hall–Kier alpha value is -3.48. The number of hydrogen-bond acceptors (Lipinski definition) is 6. The number of rotatable bonds is 9. The molecule has 0 amide bonds. The molecule has 2 aliphatic carbocycles. The Labute approximate surface area is 256 Å². The summed E-state index contributed by atoms with van der Waals surface area (Å²) in [6.45, 7) is 7.87. The van der Waals surface area contributed by atoms with Gasteiger partial charge in [0.25, 0.3) is 0 Å². The van der Waals surface area contributed by atoms with Gasteiger partial charge in [-0.15, -0.1) is 0 Å². The fourth-order valence-corrected chi connectivity index (χ4v) is 6.59. The number of benzene rings is 3. The van der Waals surface area contributed by atoms with Crippen molar-refractivity contribution in [2.75, 3.05) is 18.5 Å². The first-order chi connectivity index (χ1) is 20.8. The van der Waals surface area contributed by atoms with Crippen molar-refractivity contribution in [3.8, 4) is 5.75 Å². The lowest BCUT2D eigenvalue weighted by Crippen LogP contribution is -2.37. The molecule has 2 unspecified atom stereocenters. The van der Waals surface area contributed by atoms with Gasteiger partial charge in [0, 0.05) is 30.1 Å². The van der Waals surface area contributed by atoms with E-state index in [4.69, 9.17) is 4.74 Å². The van der Waals surface area contributed by atoms with E-state index in [0.717, 1.165) is 55.3 Å². The maximum absolute atomic E-state index is 13.0. The lowest BCUT2D eigenvalue weighted by Gasteiger charge is -2.26. The van der Waals surface area contributed by atoms with Crippen LogP contribution in [0.5, 0.6) is 5.75 Å². The largest absolute Gasteiger partial charge is 0.492 e. The van der Waals surface area contributed by atoms with Crippen molar-refractivity contribution in [1.82, 2.24) is 5.32 Å². The summed E-state index contributed by atoms with van der Waals surface area (Å²) in [7, 11) is 0. The van der Waals surface area contributed by atoms with Gasteiger partial charge in [0.05, 0.1) is 24.9 Å². The lowest BCUT2D eigenvalue weighted by atomic mass is 9.80. The molecule has 0 heterocycles. The minimum Gasteiger partial charge on any atom is -0.492 e. The second kappa shape index (κ2) is 14.3. The van der Waals surface area contributed by atoms with Gasteiger partial charge in [0.1, 0.15) is 5.75 Å². The highest BCUT2D eigenvalue weighted by Crippen LogP contribution is 2.35. The summed E-state index contributed by atoms with van der Waals surface area (Å²) in [4.78, 5) is 25.9. The molecule has 1 fully saturated rings. The van der Waals surface area contributed by atoms with Crippen LogP contribution in [0.4, 0.5) is 5.69 Å². The lowest BCUT2D eigenvalue weighted by molar-refractivity contribution is 0.0959. The van der Waals surface area contributed by atoms with Gasteiger partial charge in [-0.05, 0) is 97.7 Å². The molecule has 5 rings (SSSR count). The van der Waals surface area contributed by atoms with Crippen LogP contribution in [0.15, 0.2) is 60.7 Å². The molecule has 228 valence electrons. The summed E-state index contributed by atoms with van der Waals surface area (Å²) in [6.07, 6.45) is 5.41. The number of ketones is 2. The fraction of sp³-hybridized carbons (Fsp3) is 0.459. The Bertz CT molecular complexity index is 1430. The zero-order chi connectivity index (χ0) is 30.3. The third-order valence-corrected chi connectivity index (χ3v) is 9.20. The maximum Gasteiger partial charge on any atom is 0.176 e. The molecule has 6 nitrogen and oxygen atoms in total. The van der Waals surface area contributed by atoms with E-state index in [-0.39, 0.29) is 36.2 Å². The number of aliphatic hydroxyl groups is 1. The Morgan fingerprint density at radius 1 is 0.930 bits per heavy atom. The number of fused-ring (bicyclic) bond motifs is 2. The van der Waals surface area contributed by atoms with Crippen molar-refractivity contribution in [3.05, 3.63) is 94.0 Å². The van der Waals surface area contributed by atoms with E-state index in [2.05, 4.69) is 48.7 Å². The van der Waals surface area contributed by atoms with Crippen molar-refractivity contribution in [3.63, 3.8) is 0 Å². The highest BCUT2D eigenvalue weighted by atomic mass is 16.5. The Balaban J connectivity index is 1.29. The Morgan fingerprint density at radius 2 is 1.72 bits per heavy atom. The Kier molecular flexibility index (Phi) is 10.3. The molecular weight excluding hydrogens is 536 g/mol. The van der Waals surface area contributed by atoms with E-state index in [1.807, 2.05) is 43.3 Å². The first kappa shape index (κ1) is 31.0. The van der Waals surface area contributed by atoms with E-state index in [0.29, 0.717) is 36.8 Å². The second-order valence-electron chi connectivity index (χ2n) is 12.4. The van der Waals surface area contributed by atoms with Crippen LogP contribution >= 0.6 is 0 Å². The summed E-state index contributed by atoms with van der Waals surface area (Å²) in [5.41, 5.74) is 7.36. The molecule has 1 saturated carbocycles. The first-order valence-electron chi connectivity index (χ1n) is 16.0. The molecule has 2 atom stereocenters. The average molecular weight is 583 g/mol. The number of nitrogens with one attached hydrogen (secondary N) is 2. The summed E-state index contributed by atoms with van der Waals surface area (Å²) >= 11 is 0. The first-order valence-corrected chi connectivity index (χ1v) is 16.0. The monoisotopic (exact) mass is 582 g/mol. The number of hydrogen-bond donors (Lipinski definition) is 3. The van der Waals surface area contributed by atoms with Crippen molar-refractivity contribution in [2.45, 2.75) is 96.2 Å². The molecule has 6 heteroatoms. The van der Waals surface area contributed by atoms with Crippen molar-refractivity contribution < 1.29 is 19.4 Å². The van der Waals surface area contributed by atoms with Crippen LogP contribution in [0.2, 0.25) is 0 Å². The quantitative estimate of drug-likeness (QED) is 0.231. The minimum atomic E-state index is -0.205. The number of Topliss-reactive ketones (excluding diaryl/α,β-unsaturated/α-hetero) is 2. The molecular formula is C37H46N2O4. The van der Waals surface area contributed by atoms with Crippen molar-refractivity contribution in [1.29, 1.82) is 0 Å². The van der Waals surface area contributed by atoms with Crippen LogP contribution in [0, 0.1) is 0 Å².